The van der Waals surface area contributed by atoms with Crippen LogP contribution in [0.15, 0.2) is 17.0 Å². The Balaban J connectivity index is 2.42. The molecule has 1 saturated heterocycles. The van der Waals surface area contributed by atoms with Crippen LogP contribution in [0.4, 0.5) is 11.4 Å². The van der Waals surface area contributed by atoms with E-state index in [0.29, 0.717) is 50.1 Å². The molecule has 1 aromatic rings. The first-order valence-corrected chi connectivity index (χ1v) is 14.1. The molecule has 0 spiro atoms. The first kappa shape index (κ1) is 27.0. The lowest BCUT2D eigenvalue weighted by molar-refractivity contribution is -0.385. The lowest BCUT2D eigenvalue weighted by Crippen LogP contribution is -2.41. The van der Waals surface area contributed by atoms with Crippen LogP contribution < -0.4 is 10.2 Å². The number of halogens is 2. The summed E-state index contributed by atoms with van der Waals surface area (Å²) in [6, 6.07) is 2.34. The molecule has 1 fully saturated rings. The molecule has 0 aliphatic carbocycles. The maximum absolute atomic E-state index is 12.9. The van der Waals surface area contributed by atoms with Gasteiger partial charge in [0, 0.05) is 56.0 Å². The summed E-state index contributed by atoms with van der Waals surface area (Å²) in [5.74, 6) is -0.817. The average molecular weight is 600 g/mol. The van der Waals surface area contributed by atoms with Crippen molar-refractivity contribution in [3.8, 4) is 0 Å². The first-order chi connectivity index (χ1) is 15.2. The highest BCUT2D eigenvalue weighted by Gasteiger charge is 2.30. The van der Waals surface area contributed by atoms with Gasteiger partial charge in [-0.05, 0) is 6.07 Å². The highest BCUT2D eigenvalue weighted by molar-refractivity contribution is 9.09. The van der Waals surface area contributed by atoms with Crippen LogP contribution in [-0.2, 0) is 14.6 Å². The van der Waals surface area contributed by atoms with E-state index in [1.165, 1.54) is 13.0 Å². The first-order valence-electron chi connectivity index (χ1n) is 10.3. The van der Waals surface area contributed by atoms with Crippen molar-refractivity contribution in [2.45, 2.75) is 11.8 Å². The monoisotopic (exact) mass is 598 g/mol. The van der Waals surface area contributed by atoms with Gasteiger partial charge in [-0.1, -0.05) is 38.8 Å². The molecule has 13 heteroatoms. The molecule has 1 aliphatic rings. The van der Waals surface area contributed by atoms with E-state index in [4.69, 9.17) is 4.74 Å². The van der Waals surface area contributed by atoms with Gasteiger partial charge >= 0.3 is 0 Å². The molecule has 1 amide bonds. The standard InChI is InChI=1S/C19H28Br2N4O6S/c1-2-32(29,30)18-14-16(25(27)28)15(13-17(18)24(6-3-20)7-4-21)19(26)22-5-8-23-9-11-31-12-10-23/h13-14H,2-12H2,1H3,(H,22,26). The molecule has 0 unspecified atom stereocenters. The molecule has 180 valence electrons. The molecule has 10 nitrogen and oxygen atoms in total. The van der Waals surface area contributed by atoms with Crippen molar-refractivity contribution in [3.63, 3.8) is 0 Å². The molecule has 32 heavy (non-hydrogen) atoms. The molecule has 1 aliphatic heterocycles. The van der Waals surface area contributed by atoms with Crippen molar-refractivity contribution < 1.29 is 22.9 Å². The molecule has 0 radical (unpaired) electrons. The van der Waals surface area contributed by atoms with Gasteiger partial charge in [-0.3, -0.25) is 19.8 Å². The molecule has 2 rings (SSSR count). The predicted octanol–water partition coefficient (Wildman–Crippen LogP) is 2.05. The number of hydrogen-bond acceptors (Lipinski definition) is 8. The number of carbonyl (C=O) groups excluding carboxylic acids is 1. The van der Waals surface area contributed by atoms with Crippen LogP contribution in [0, 0.1) is 10.1 Å². The van der Waals surface area contributed by atoms with Gasteiger partial charge in [0.1, 0.15) is 5.56 Å². The Kier molecular flexibility index (Phi) is 10.8. The second-order valence-electron chi connectivity index (χ2n) is 7.07. The van der Waals surface area contributed by atoms with E-state index in [2.05, 4.69) is 42.1 Å². The van der Waals surface area contributed by atoms with Crippen LogP contribution >= 0.6 is 31.9 Å². The fourth-order valence-corrected chi connectivity index (χ4v) is 5.31. The van der Waals surface area contributed by atoms with E-state index in [-0.39, 0.29) is 21.9 Å². The average Bonchev–Trinajstić information content (AvgIpc) is 2.78. The van der Waals surface area contributed by atoms with Crippen LogP contribution in [0.3, 0.4) is 0 Å². The van der Waals surface area contributed by atoms with Crippen LogP contribution in [0.25, 0.3) is 0 Å². The number of nitro groups is 1. The molecular weight excluding hydrogens is 572 g/mol. The highest BCUT2D eigenvalue weighted by Crippen LogP contribution is 2.34. The quantitative estimate of drug-likeness (QED) is 0.220. The number of sulfone groups is 1. The number of ether oxygens (including phenoxy) is 1. The van der Waals surface area contributed by atoms with Gasteiger partial charge in [0.15, 0.2) is 9.84 Å². The normalized spacial score (nSPS) is 14.8. The number of alkyl halides is 2. The maximum Gasteiger partial charge on any atom is 0.283 e. The number of hydrogen-bond donors (Lipinski definition) is 1. The summed E-state index contributed by atoms with van der Waals surface area (Å²) in [5, 5.41) is 15.6. The zero-order valence-electron chi connectivity index (χ0n) is 17.9. The Labute approximate surface area is 205 Å². The van der Waals surface area contributed by atoms with Gasteiger partial charge < -0.3 is 15.0 Å². The number of rotatable bonds is 12. The van der Waals surface area contributed by atoms with Crippen molar-refractivity contribution in [3.05, 3.63) is 27.8 Å². The number of nitro benzene ring substituents is 1. The minimum absolute atomic E-state index is 0.140. The van der Waals surface area contributed by atoms with E-state index < -0.39 is 26.4 Å². The molecular formula is C19H28Br2N4O6S. The highest BCUT2D eigenvalue weighted by atomic mass is 79.9. The summed E-state index contributed by atoms with van der Waals surface area (Å²) in [6.07, 6.45) is 0. The number of morpholine rings is 1. The number of nitrogens with one attached hydrogen (secondary N) is 1. The van der Waals surface area contributed by atoms with E-state index in [0.717, 1.165) is 19.2 Å². The third kappa shape index (κ3) is 7.11. The Hall–Kier alpha value is -1.28. The minimum Gasteiger partial charge on any atom is -0.379 e. The Bertz CT molecular complexity index is 903. The zero-order chi connectivity index (χ0) is 23.7. The van der Waals surface area contributed by atoms with Crippen LogP contribution in [0.5, 0.6) is 0 Å². The molecule has 0 aromatic heterocycles. The second kappa shape index (κ2) is 12.8. The summed E-state index contributed by atoms with van der Waals surface area (Å²) >= 11 is 6.72. The molecule has 1 aromatic carbocycles. The maximum atomic E-state index is 12.9. The van der Waals surface area contributed by atoms with Crippen molar-refractivity contribution >= 4 is 59.0 Å². The summed E-state index contributed by atoms with van der Waals surface area (Å²) in [4.78, 5) is 27.7. The topological polar surface area (TPSA) is 122 Å². The van der Waals surface area contributed by atoms with E-state index >= 15 is 0 Å². The third-order valence-electron chi connectivity index (χ3n) is 5.10. The summed E-state index contributed by atoms with van der Waals surface area (Å²) in [6.45, 7) is 6.11. The number of benzene rings is 1. The van der Waals surface area contributed by atoms with E-state index in [1.54, 1.807) is 4.90 Å². The van der Waals surface area contributed by atoms with Gasteiger partial charge in [0.2, 0.25) is 0 Å². The fourth-order valence-electron chi connectivity index (χ4n) is 3.35. The van der Waals surface area contributed by atoms with Crippen LogP contribution in [0.2, 0.25) is 0 Å². The molecule has 0 atom stereocenters. The summed E-state index contributed by atoms with van der Waals surface area (Å²) < 4.78 is 30.8. The zero-order valence-corrected chi connectivity index (χ0v) is 21.9. The van der Waals surface area contributed by atoms with Crippen LogP contribution in [-0.4, -0.2) is 93.0 Å². The third-order valence-corrected chi connectivity index (χ3v) is 7.57. The summed E-state index contributed by atoms with van der Waals surface area (Å²) in [5.41, 5.74) is -0.395. The minimum atomic E-state index is -3.77. The lowest BCUT2D eigenvalue weighted by Gasteiger charge is -2.27. The number of anilines is 1. The Morgan fingerprint density at radius 1 is 1.25 bits per heavy atom. The van der Waals surface area contributed by atoms with Crippen molar-refractivity contribution in [1.82, 2.24) is 10.2 Å². The molecule has 0 bridgehead atoms. The smallest absolute Gasteiger partial charge is 0.283 e. The van der Waals surface area contributed by atoms with E-state index in [9.17, 15) is 23.3 Å². The van der Waals surface area contributed by atoms with Crippen LogP contribution in [0.1, 0.15) is 17.3 Å². The molecule has 0 saturated carbocycles. The number of carbonyl (C=O) groups is 1. The van der Waals surface area contributed by atoms with Crippen molar-refractivity contribution in [1.29, 1.82) is 0 Å². The number of amides is 1. The van der Waals surface area contributed by atoms with E-state index in [1.807, 2.05) is 0 Å². The SMILES string of the molecule is CCS(=O)(=O)c1cc([N+](=O)[O-])c(C(=O)NCCN2CCOCC2)cc1N(CCBr)CCBr. The van der Waals surface area contributed by atoms with Gasteiger partial charge in [-0.2, -0.15) is 0 Å². The largest absolute Gasteiger partial charge is 0.379 e. The van der Waals surface area contributed by atoms with Gasteiger partial charge in [-0.15, -0.1) is 0 Å². The predicted molar refractivity (Wildman–Crippen MR) is 130 cm³/mol. The lowest BCUT2D eigenvalue weighted by atomic mass is 10.1. The van der Waals surface area contributed by atoms with Gasteiger partial charge in [0.25, 0.3) is 11.6 Å². The van der Waals surface area contributed by atoms with Crippen molar-refractivity contribution in [2.75, 3.05) is 73.8 Å². The summed E-state index contributed by atoms with van der Waals surface area (Å²) in [7, 11) is -3.77. The Morgan fingerprint density at radius 2 is 1.88 bits per heavy atom. The van der Waals surface area contributed by atoms with Gasteiger partial charge in [-0.25, -0.2) is 8.42 Å². The molecule has 1 N–H and O–H groups in total. The molecule has 1 heterocycles. The number of nitrogens with zero attached hydrogens (tertiary/aromatic N) is 3. The fraction of sp³-hybridized carbons (Fsp3) is 0.632. The Morgan fingerprint density at radius 3 is 2.41 bits per heavy atom. The second-order valence-corrected chi connectivity index (χ2v) is 10.9. The van der Waals surface area contributed by atoms with Crippen molar-refractivity contribution in [2.24, 2.45) is 0 Å². The van der Waals surface area contributed by atoms with Gasteiger partial charge in [0.05, 0.1) is 34.5 Å².